The van der Waals surface area contributed by atoms with E-state index in [1.807, 2.05) is 0 Å². The molecular formula is C32H23Cl2N5O7S2. The number of carbonyl (C=O) groups is 1. The number of aromatic nitrogens is 4. The Morgan fingerprint density at radius 3 is 2.54 bits per heavy atom. The van der Waals surface area contributed by atoms with Gasteiger partial charge in [0.25, 0.3) is 11.5 Å². The Morgan fingerprint density at radius 2 is 1.77 bits per heavy atom. The van der Waals surface area contributed by atoms with Gasteiger partial charge in [-0.05, 0) is 53.6 Å². The number of hydrogen-bond donors (Lipinski definition) is 0. The number of halogens is 2. The van der Waals surface area contributed by atoms with Crippen molar-refractivity contribution < 1.29 is 23.7 Å². The number of rotatable bonds is 7. The second-order valence-electron chi connectivity index (χ2n) is 10.7. The standard InChI is InChI=1S/C32H23Cl2N5O7S2/c1-36-27-26(29(41)37(2)31(36)42)38(14-17-5-6-18(33)12-20(17)34)30(35-27)46-22-8-4-16(10-23(22)43-3)11-25-28(40)39(32(47)48-25)19-7-9-21-24(13-19)45-15-44-21/h4-13H,14-15H2,1-3H3/b25-11-. The van der Waals surface area contributed by atoms with Crippen molar-refractivity contribution in [2.75, 3.05) is 18.8 Å². The van der Waals surface area contributed by atoms with Gasteiger partial charge >= 0.3 is 11.7 Å². The van der Waals surface area contributed by atoms with Gasteiger partial charge in [0, 0.05) is 30.2 Å². The second-order valence-corrected chi connectivity index (χ2v) is 13.2. The maximum atomic E-state index is 13.4. The normalized spacial score (nSPS) is 14.9. The summed E-state index contributed by atoms with van der Waals surface area (Å²) in [6.45, 7) is 0.201. The van der Waals surface area contributed by atoms with Crippen LogP contribution < -0.4 is 35.1 Å². The minimum absolute atomic E-state index is 0.0185. The van der Waals surface area contributed by atoms with Crippen molar-refractivity contribution in [2.45, 2.75) is 6.54 Å². The predicted molar refractivity (Wildman–Crippen MR) is 187 cm³/mol. The summed E-state index contributed by atoms with van der Waals surface area (Å²) >= 11 is 19.3. The first-order valence-corrected chi connectivity index (χ1v) is 16.2. The quantitative estimate of drug-likeness (QED) is 0.152. The molecule has 3 aromatic carbocycles. The Bertz CT molecular complexity index is 2350. The summed E-state index contributed by atoms with van der Waals surface area (Å²) in [6.07, 6.45) is 1.70. The highest BCUT2D eigenvalue weighted by molar-refractivity contribution is 8.27. The molecule has 2 aromatic heterocycles. The van der Waals surface area contributed by atoms with Crippen LogP contribution in [-0.4, -0.2) is 42.8 Å². The van der Waals surface area contributed by atoms with E-state index < -0.39 is 11.2 Å². The number of imidazole rings is 1. The molecule has 1 amide bonds. The number of nitrogens with zero attached hydrogens (tertiary/aromatic N) is 5. The molecule has 16 heteroatoms. The number of fused-ring (bicyclic) bond motifs is 2. The fourth-order valence-electron chi connectivity index (χ4n) is 5.29. The summed E-state index contributed by atoms with van der Waals surface area (Å²) in [4.78, 5) is 45.9. The largest absolute Gasteiger partial charge is 0.493 e. The summed E-state index contributed by atoms with van der Waals surface area (Å²) < 4.78 is 26.9. The highest BCUT2D eigenvalue weighted by Gasteiger charge is 2.34. The molecule has 244 valence electrons. The molecule has 1 fully saturated rings. The summed E-state index contributed by atoms with van der Waals surface area (Å²) in [5.74, 6) is 1.44. The number of thiocarbonyl (C=S) groups is 1. The molecule has 5 aromatic rings. The van der Waals surface area contributed by atoms with Gasteiger partial charge in [0.1, 0.15) is 0 Å². The zero-order chi connectivity index (χ0) is 33.9. The van der Waals surface area contributed by atoms with Crippen LogP contribution in [0.4, 0.5) is 5.69 Å². The van der Waals surface area contributed by atoms with E-state index in [9.17, 15) is 14.4 Å². The monoisotopic (exact) mass is 723 g/mol. The summed E-state index contributed by atoms with van der Waals surface area (Å²) in [5.41, 5.74) is 1.02. The lowest BCUT2D eigenvalue weighted by molar-refractivity contribution is -0.113. The van der Waals surface area contributed by atoms with Gasteiger partial charge in [0.05, 0.1) is 24.2 Å². The molecule has 12 nitrogen and oxygen atoms in total. The van der Waals surface area contributed by atoms with E-state index in [4.69, 9.17) is 54.4 Å². The Kier molecular flexibility index (Phi) is 8.19. The zero-order valence-corrected chi connectivity index (χ0v) is 28.5. The van der Waals surface area contributed by atoms with Crippen molar-refractivity contribution in [1.82, 2.24) is 18.7 Å². The third-order valence-electron chi connectivity index (χ3n) is 7.75. The van der Waals surface area contributed by atoms with E-state index in [2.05, 4.69) is 4.98 Å². The van der Waals surface area contributed by atoms with Crippen molar-refractivity contribution in [3.8, 4) is 29.0 Å². The lowest BCUT2D eigenvalue weighted by Gasteiger charge is -2.15. The number of hydrogen-bond acceptors (Lipinski definition) is 10. The van der Waals surface area contributed by atoms with Gasteiger partial charge in [0.2, 0.25) is 6.79 Å². The third kappa shape index (κ3) is 5.49. The van der Waals surface area contributed by atoms with Crippen molar-refractivity contribution in [3.63, 3.8) is 0 Å². The zero-order valence-electron chi connectivity index (χ0n) is 25.4. The molecular weight excluding hydrogens is 701 g/mol. The molecule has 0 aliphatic carbocycles. The van der Waals surface area contributed by atoms with Crippen LogP contribution in [0.25, 0.3) is 17.2 Å². The molecule has 2 aliphatic rings. The highest BCUT2D eigenvalue weighted by Crippen LogP contribution is 2.41. The van der Waals surface area contributed by atoms with E-state index >= 15 is 0 Å². The lowest BCUT2D eigenvalue weighted by atomic mass is 10.1. The molecule has 0 atom stereocenters. The van der Waals surface area contributed by atoms with E-state index in [0.717, 1.165) is 4.57 Å². The van der Waals surface area contributed by atoms with Crippen LogP contribution in [0.1, 0.15) is 11.1 Å². The number of methoxy groups -OCH3 is 1. The summed E-state index contributed by atoms with van der Waals surface area (Å²) in [7, 11) is 4.38. The van der Waals surface area contributed by atoms with Crippen LogP contribution in [-0.2, 0) is 25.4 Å². The number of carbonyl (C=O) groups excluding carboxylic acids is 1. The molecule has 0 bridgehead atoms. The van der Waals surface area contributed by atoms with Gasteiger partial charge in [-0.3, -0.25) is 28.2 Å². The number of amides is 1. The minimum atomic E-state index is -0.555. The molecule has 0 spiro atoms. The van der Waals surface area contributed by atoms with Gasteiger partial charge in [-0.25, -0.2) is 4.79 Å². The molecule has 0 radical (unpaired) electrons. The first-order valence-electron chi connectivity index (χ1n) is 14.2. The van der Waals surface area contributed by atoms with Crippen molar-refractivity contribution >= 4 is 80.3 Å². The van der Waals surface area contributed by atoms with Gasteiger partial charge in [-0.15, -0.1) is 0 Å². The number of thioether (sulfide) groups is 1. The smallest absolute Gasteiger partial charge is 0.332 e. The first-order chi connectivity index (χ1) is 23.0. The minimum Gasteiger partial charge on any atom is -0.493 e. The Labute approximate surface area is 291 Å². The summed E-state index contributed by atoms with van der Waals surface area (Å²) in [6, 6.07) is 15.3. The number of benzene rings is 3. The molecule has 0 N–H and O–H groups in total. The number of ether oxygens (including phenoxy) is 4. The predicted octanol–water partition coefficient (Wildman–Crippen LogP) is 5.72. The van der Waals surface area contributed by atoms with Gasteiger partial charge in [-0.2, -0.15) is 4.98 Å². The third-order valence-corrected chi connectivity index (χ3v) is 9.64. The molecule has 2 aliphatic heterocycles. The highest BCUT2D eigenvalue weighted by atomic mass is 35.5. The molecule has 4 heterocycles. The average Bonchev–Trinajstić information content (AvgIpc) is 3.76. The Hall–Kier alpha value is -4.76. The van der Waals surface area contributed by atoms with Crippen LogP contribution >= 0.6 is 47.2 Å². The van der Waals surface area contributed by atoms with E-state index in [1.165, 1.54) is 42.4 Å². The van der Waals surface area contributed by atoms with Gasteiger partial charge in [0.15, 0.2) is 38.5 Å². The fraction of sp³-hybridized carbons (Fsp3) is 0.156. The molecule has 1 saturated heterocycles. The van der Waals surface area contributed by atoms with Gasteiger partial charge in [-0.1, -0.05) is 59.3 Å². The molecule has 7 rings (SSSR count). The van der Waals surface area contributed by atoms with Crippen molar-refractivity contribution in [3.05, 3.63) is 102 Å². The van der Waals surface area contributed by atoms with Crippen LogP contribution in [0, 0.1) is 0 Å². The summed E-state index contributed by atoms with van der Waals surface area (Å²) in [5, 5.41) is 0.830. The van der Waals surface area contributed by atoms with Gasteiger partial charge < -0.3 is 18.9 Å². The average molecular weight is 725 g/mol. The van der Waals surface area contributed by atoms with Crippen molar-refractivity contribution in [2.24, 2.45) is 14.1 Å². The van der Waals surface area contributed by atoms with E-state index in [0.29, 0.717) is 53.3 Å². The number of anilines is 1. The Morgan fingerprint density at radius 1 is 0.979 bits per heavy atom. The van der Waals surface area contributed by atoms with Crippen LogP contribution in [0.3, 0.4) is 0 Å². The SMILES string of the molecule is COc1cc(/C=C2\SC(=S)N(c3ccc4c(c3)OCO4)C2=O)ccc1Oc1nc2c(c(=O)n(C)c(=O)n2C)n1Cc1ccc(Cl)cc1Cl. The Balaban J connectivity index is 1.23. The maximum absolute atomic E-state index is 13.4. The van der Waals surface area contributed by atoms with Crippen molar-refractivity contribution in [1.29, 1.82) is 0 Å². The topological polar surface area (TPSA) is 119 Å². The first kappa shape index (κ1) is 31.8. The molecule has 0 unspecified atom stereocenters. The van der Waals surface area contributed by atoms with E-state index in [-0.39, 0.29) is 42.2 Å². The number of aryl methyl sites for hydroxylation is 1. The van der Waals surface area contributed by atoms with Crippen LogP contribution in [0.15, 0.2) is 69.1 Å². The maximum Gasteiger partial charge on any atom is 0.332 e. The molecule has 0 saturated carbocycles. The van der Waals surface area contributed by atoms with E-state index in [1.54, 1.807) is 65.2 Å². The lowest BCUT2D eigenvalue weighted by Crippen LogP contribution is -2.37. The van der Waals surface area contributed by atoms with Crippen LogP contribution in [0.2, 0.25) is 10.0 Å². The molecule has 48 heavy (non-hydrogen) atoms. The fourth-order valence-corrected chi connectivity index (χ4v) is 7.06. The van der Waals surface area contributed by atoms with Crippen LogP contribution in [0.5, 0.6) is 29.0 Å². The second kappa shape index (κ2) is 12.4.